The molecule has 10 nitrogen and oxygen atoms in total. The first-order valence-corrected chi connectivity index (χ1v) is 11.6. The summed E-state index contributed by atoms with van der Waals surface area (Å²) in [6.07, 6.45) is -5.14. The molecular weight excluding hydrogens is 434 g/mol. The largest absolute Gasteiger partial charge is 0.469 e. The minimum atomic E-state index is -1.67. The number of aliphatic hydroxyl groups excluding tert-OH is 3. The summed E-state index contributed by atoms with van der Waals surface area (Å²) in [5.74, 6) is -3.17. The number of carbonyl (C=O) groups is 2. The molecule has 0 radical (unpaired) electrons. The normalized spacial score (nSPS) is 30.3. The molecule has 1 fully saturated rings. The summed E-state index contributed by atoms with van der Waals surface area (Å²) < 4.78 is 9.97. The molecule has 1 rings (SSSR count). The number of cyclic esters (lactones) is 1. The van der Waals surface area contributed by atoms with Crippen molar-refractivity contribution in [2.24, 2.45) is 23.7 Å². The van der Waals surface area contributed by atoms with Gasteiger partial charge in [-0.25, -0.2) is 4.79 Å². The Hall–Kier alpha value is -1.46. The van der Waals surface area contributed by atoms with Crippen LogP contribution in [-0.2, 0) is 14.3 Å². The summed E-state index contributed by atoms with van der Waals surface area (Å²) in [5.41, 5.74) is -3.34. The molecule has 10 heteroatoms. The van der Waals surface area contributed by atoms with Crippen molar-refractivity contribution >= 4 is 12.1 Å². The highest BCUT2D eigenvalue weighted by Gasteiger charge is 2.51. The van der Waals surface area contributed by atoms with Gasteiger partial charge < -0.3 is 40.3 Å². The maximum Gasteiger partial charge on any atom is 0.407 e. The van der Waals surface area contributed by atoms with Gasteiger partial charge in [-0.05, 0) is 39.5 Å². The highest BCUT2D eigenvalue weighted by Crippen LogP contribution is 2.36. The molecule has 0 unspecified atom stereocenters. The molecule has 0 aliphatic carbocycles. The van der Waals surface area contributed by atoms with Crippen molar-refractivity contribution in [2.45, 2.75) is 103 Å². The molecule has 0 aromatic rings. The number of esters is 1. The Morgan fingerprint density at radius 3 is 2.21 bits per heavy atom. The third kappa shape index (κ3) is 6.57. The van der Waals surface area contributed by atoms with Crippen molar-refractivity contribution in [1.82, 2.24) is 5.32 Å². The van der Waals surface area contributed by atoms with E-state index in [9.17, 15) is 35.1 Å². The molecule has 0 aromatic carbocycles. The zero-order valence-electron chi connectivity index (χ0n) is 21.0. The Bertz CT molecular complexity index is 668. The fourth-order valence-corrected chi connectivity index (χ4v) is 5.06. The molecule has 6 N–H and O–H groups in total. The maximum absolute atomic E-state index is 12.2. The molecule has 11 atom stereocenters. The first-order chi connectivity index (χ1) is 15.0. The van der Waals surface area contributed by atoms with Crippen LogP contribution in [0.4, 0.5) is 4.79 Å². The standard InChI is InChI=1S/C23H43NO9/c1-9-15(25)23(7,31)19-12(3)16(24-21(29)33-19)11(2)10-22(6,30)18(27)13(4)17(26)14(5)20(28)32-8/h11-19,25-27,30-31H,9-10H2,1-8H3,(H,24,29)/t11-,12+,13+,14-,15-,16+,17+,18-,19-,22-,23-/m1/s1. The van der Waals surface area contributed by atoms with Crippen LogP contribution >= 0.6 is 0 Å². The number of rotatable bonds is 11. The Kier molecular flexibility index (Phi) is 10.1. The van der Waals surface area contributed by atoms with Gasteiger partial charge in [0.2, 0.25) is 0 Å². The molecule has 33 heavy (non-hydrogen) atoms. The lowest BCUT2D eigenvalue weighted by atomic mass is 9.72. The van der Waals surface area contributed by atoms with Gasteiger partial charge in [0.05, 0.1) is 36.9 Å². The number of alkyl carbamates (subject to hydrolysis) is 1. The highest BCUT2D eigenvalue weighted by atomic mass is 16.6. The van der Waals surface area contributed by atoms with E-state index in [1.54, 1.807) is 20.8 Å². The lowest BCUT2D eigenvalue weighted by Gasteiger charge is -2.47. The second-order valence-electron chi connectivity index (χ2n) is 10.1. The molecule has 1 aliphatic rings. The van der Waals surface area contributed by atoms with Crippen LogP contribution in [0, 0.1) is 23.7 Å². The van der Waals surface area contributed by atoms with Gasteiger partial charge in [0.15, 0.2) is 0 Å². The van der Waals surface area contributed by atoms with E-state index in [1.807, 2.05) is 0 Å². The van der Waals surface area contributed by atoms with Crippen LogP contribution < -0.4 is 5.32 Å². The molecule has 1 saturated heterocycles. The molecule has 1 aliphatic heterocycles. The zero-order valence-corrected chi connectivity index (χ0v) is 21.0. The molecule has 0 bridgehead atoms. The molecule has 0 spiro atoms. The van der Waals surface area contributed by atoms with Crippen LogP contribution in [0.15, 0.2) is 0 Å². The second kappa shape index (κ2) is 11.3. The summed E-state index contributed by atoms with van der Waals surface area (Å²) >= 11 is 0. The van der Waals surface area contributed by atoms with Crippen molar-refractivity contribution in [2.75, 3.05) is 7.11 Å². The lowest BCUT2D eigenvalue weighted by Crippen LogP contribution is -2.64. The summed E-state index contributed by atoms with van der Waals surface area (Å²) in [7, 11) is 1.21. The van der Waals surface area contributed by atoms with E-state index in [-0.39, 0.29) is 18.8 Å². The first kappa shape index (κ1) is 29.6. The van der Waals surface area contributed by atoms with E-state index in [0.29, 0.717) is 0 Å². The number of carbonyl (C=O) groups excluding carboxylic acids is 2. The monoisotopic (exact) mass is 477 g/mol. The molecule has 0 aromatic heterocycles. The first-order valence-electron chi connectivity index (χ1n) is 11.6. The summed E-state index contributed by atoms with van der Waals surface area (Å²) in [5, 5.41) is 56.2. The fourth-order valence-electron chi connectivity index (χ4n) is 5.06. The number of amides is 1. The summed E-state index contributed by atoms with van der Waals surface area (Å²) in [6, 6.07) is -0.528. The van der Waals surface area contributed by atoms with Crippen LogP contribution in [0.25, 0.3) is 0 Å². The van der Waals surface area contributed by atoms with Gasteiger partial charge in [-0.3, -0.25) is 4.79 Å². The van der Waals surface area contributed by atoms with Crippen molar-refractivity contribution < 1.29 is 44.6 Å². The SMILES string of the molecule is CC[C@@H](O)[C@@](C)(O)[C@@H]1OC(=O)N[C@@H]([C@H](C)C[C@@](C)(O)[C@H](O)[C@@H](C)[C@H](O)[C@@H](C)C(=O)OC)[C@@H]1C. The zero-order chi connectivity index (χ0) is 25.9. The summed E-state index contributed by atoms with van der Waals surface area (Å²) in [6.45, 7) is 11.1. The molecule has 1 heterocycles. The number of aliphatic hydroxyl groups is 5. The Morgan fingerprint density at radius 1 is 1.18 bits per heavy atom. The minimum absolute atomic E-state index is 0.0400. The number of methoxy groups -OCH3 is 1. The fraction of sp³-hybridized carbons (Fsp3) is 0.913. The van der Waals surface area contributed by atoms with Gasteiger partial charge in [-0.2, -0.15) is 0 Å². The number of nitrogens with one attached hydrogen (secondary N) is 1. The van der Waals surface area contributed by atoms with E-state index in [4.69, 9.17) is 4.74 Å². The van der Waals surface area contributed by atoms with E-state index < -0.39 is 71.5 Å². The maximum atomic E-state index is 12.2. The quantitative estimate of drug-likeness (QED) is 0.233. The predicted octanol–water partition coefficient (Wildman–Crippen LogP) is 0.566. The third-order valence-electron chi connectivity index (χ3n) is 7.31. The van der Waals surface area contributed by atoms with Gasteiger partial charge in [-0.1, -0.05) is 27.7 Å². The van der Waals surface area contributed by atoms with Gasteiger partial charge in [-0.15, -0.1) is 0 Å². The van der Waals surface area contributed by atoms with Crippen LogP contribution in [-0.4, -0.2) is 86.4 Å². The summed E-state index contributed by atoms with van der Waals surface area (Å²) in [4.78, 5) is 24.0. The minimum Gasteiger partial charge on any atom is -0.469 e. The average molecular weight is 478 g/mol. The molecular formula is C23H43NO9. The van der Waals surface area contributed by atoms with E-state index >= 15 is 0 Å². The Balaban J connectivity index is 3.01. The van der Waals surface area contributed by atoms with Crippen LogP contribution in [0.2, 0.25) is 0 Å². The molecule has 0 saturated carbocycles. The van der Waals surface area contributed by atoms with Gasteiger partial charge >= 0.3 is 12.1 Å². The average Bonchev–Trinajstić information content (AvgIpc) is 2.76. The van der Waals surface area contributed by atoms with Crippen LogP contribution in [0.3, 0.4) is 0 Å². The van der Waals surface area contributed by atoms with E-state index in [0.717, 1.165) is 0 Å². The Morgan fingerprint density at radius 2 is 1.73 bits per heavy atom. The van der Waals surface area contributed by atoms with Crippen molar-refractivity contribution in [3.63, 3.8) is 0 Å². The van der Waals surface area contributed by atoms with Gasteiger partial charge in [0, 0.05) is 17.9 Å². The topological polar surface area (TPSA) is 166 Å². The number of ether oxygens (including phenoxy) is 2. The van der Waals surface area contributed by atoms with Crippen LogP contribution in [0.1, 0.15) is 61.3 Å². The van der Waals surface area contributed by atoms with E-state index in [2.05, 4.69) is 10.1 Å². The lowest BCUT2D eigenvalue weighted by molar-refractivity contribution is -0.169. The van der Waals surface area contributed by atoms with Crippen molar-refractivity contribution in [3.05, 3.63) is 0 Å². The van der Waals surface area contributed by atoms with Crippen LogP contribution in [0.5, 0.6) is 0 Å². The van der Waals surface area contributed by atoms with Gasteiger partial charge in [0.25, 0.3) is 0 Å². The smallest absolute Gasteiger partial charge is 0.407 e. The van der Waals surface area contributed by atoms with Gasteiger partial charge in [0.1, 0.15) is 11.7 Å². The predicted molar refractivity (Wildman–Crippen MR) is 120 cm³/mol. The third-order valence-corrected chi connectivity index (χ3v) is 7.31. The van der Waals surface area contributed by atoms with Crippen molar-refractivity contribution in [1.29, 1.82) is 0 Å². The second-order valence-corrected chi connectivity index (χ2v) is 10.1. The number of hydrogen-bond acceptors (Lipinski definition) is 9. The highest BCUT2D eigenvalue weighted by molar-refractivity contribution is 5.72. The molecule has 1 amide bonds. The molecule has 194 valence electrons. The van der Waals surface area contributed by atoms with Crippen molar-refractivity contribution in [3.8, 4) is 0 Å². The Labute approximate surface area is 196 Å². The van der Waals surface area contributed by atoms with E-state index in [1.165, 1.54) is 34.8 Å². The number of hydrogen-bond donors (Lipinski definition) is 6.